The summed E-state index contributed by atoms with van der Waals surface area (Å²) in [5, 5.41) is 5.16. The first-order valence-electron chi connectivity index (χ1n) is 20.1. The van der Waals surface area contributed by atoms with Gasteiger partial charge in [0.1, 0.15) is 77.3 Å². The number of rotatable bonds is 6. The fourth-order valence-electron chi connectivity index (χ4n) is 9.01. The molecular weight excluding hydrogens is 746 g/mol. The van der Waals surface area contributed by atoms with Gasteiger partial charge in [-0.15, -0.1) is 16.4 Å². The summed E-state index contributed by atoms with van der Waals surface area (Å²) in [6.07, 6.45) is 0. The van der Waals surface area contributed by atoms with Crippen LogP contribution in [0.15, 0.2) is 167 Å². The van der Waals surface area contributed by atoms with E-state index in [1.807, 2.05) is 72.8 Å². The lowest BCUT2D eigenvalue weighted by Crippen LogP contribution is -2.52. The van der Waals surface area contributed by atoms with Gasteiger partial charge < -0.3 is 13.7 Å². The van der Waals surface area contributed by atoms with Crippen molar-refractivity contribution in [2.75, 3.05) is 4.90 Å². The lowest BCUT2D eigenvalue weighted by molar-refractivity contribution is 0.669. The SMILES string of the molecule is [B]c1c([B])c([B])c2c(-c3cccc(-c4ccc(N(c5ccc(-c6cccc7c6oc6ccccc67)cc5)c5cccc6oc7ccccc7c56)cc4)c3)c([B])c([B])c([B])c2c1[B]. The van der Waals surface area contributed by atoms with Crippen LogP contribution >= 0.6 is 0 Å². The predicted molar refractivity (Wildman–Crippen MR) is 267 cm³/mol. The summed E-state index contributed by atoms with van der Waals surface area (Å²) in [6, 6.07) is 53.8. The Morgan fingerprint density at radius 1 is 0.339 bits per heavy atom. The van der Waals surface area contributed by atoms with Crippen molar-refractivity contribution in [3.63, 3.8) is 0 Å². The molecule has 9 aromatic carbocycles. The number of fused-ring (bicyclic) bond motifs is 7. The highest BCUT2D eigenvalue weighted by molar-refractivity contribution is 6.71. The van der Waals surface area contributed by atoms with Crippen LogP contribution in [0, 0.1) is 0 Å². The Morgan fingerprint density at radius 2 is 0.871 bits per heavy atom. The molecule has 62 heavy (non-hydrogen) atoms. The summed E-state index contributed by atoms with van der Waals surface area (Å²) >= 11 is 0. The molecule has 0 amide bonds. The van der Waals surface area contributed by atoms with Crippen molar-refractivity contribution < 1.29 is 8.83 Å². The average Bonchev–Trinajstić information content (AvgIpc) is 3.89. The molecule has 0 saturated heterocycles. The molecule has 3 nitrogen and oxygen atoms in total. The van der Waals surface area contributed by atoms with Gasteiger partial charge in [0.05, 0.1) is 11.1 Å². The molecule has 2 aromatic heterocycles. The molecule has 2 heterocycles. The Morgan fingerprint density at radius 3 is 1.58 bits per heavy atom. The Bertz CT molecular complexity index is 3610. The maximum atomic E-state index is 6.70. The molecule has 11 rings (SSSR count). The number of nitrogens with zero attached hydrogens (tertiary/aromatic N) is 1. The second-order valence-corrected chi connectivity index (χ2v) is 15.6. The molecule has 11 aromatic rings. The first-order chi connectivity index (χ1) is 30.2. The van der Waals surface area contributed by atoms with Crippen LogP contribution < -0.4 is 43.1 Å². The van der Waals surface area contributed by atoms with Gasteiger partial charge in [-0.05, 0) is 93.2 Å². The molecule has 14 radical (unpaired) electrons. The van der Waals surface area contributed by atoms with Crippen LogP contribution in [0.5, 0.6) is 0 Å². The lowest BCUT2D eigenvalue weighted by Gasteiger charge is -2.27. The number of furan rings is 2. The summed E-state index contributed by atoms with van der Waals surface area (Å²) < 4.78 is 12.8. The van der Waals surface area contributed by atoms with Gasteiger partial charge >= 0.3 is 0 Å². The van der Waals surface area contributed by atoms with Crippen molar-refractivity contribution in [1.29, 1.82) is 0 Å². The van der Waals surface area contributed by atoms with Crippen molar-refractivity contribution in [3.05, 3.63) is 158 Å². The number of benzene rings is 9. The van der Waals surface area contributed by atoms with E-state index in [4.69, 9.17) is 63.8 Å². The largest absolute Gasteiger partial charge is 0.456 e. The molecule has 0 aliphatic carbocycles. The van der Waals surface area contributed by atoms with Gasteiger partial charge in [0, 0.05) is 33.1 Å². The zero-order valence-electron chi connectivity index (χ0n) is 33.3. The number of hydrogen-bond acceptors (Lipinski definition) is 3. The van der Waals surface area contributed by atoms with E-state index in [0.29, 0.717) is 16.3 Å². The van der Waals surface area contributed by atoms with Crippen molar-refractivity contribution in [2.45, 2.75) is 0 Å². The van der Waals surface area contributed by atoms with Crippen molar-refractivity contribution >= 4 is 165 Å². The van der Waals surface area contributed by atoms with Crippen molar-refractivity contribution in [1.82, 2.24) is 0 Å². The van der Waals surface area contributed by atoms with Gasteiger partial charge in [-0.1, -0.05) is 125 Å². The highest BCUT2D eigenvalue weighted by Gasteiger charge is 2.22. The quantitative estimate of drug-likeness (QED) is 0.177. The summed E-state index contributed by atoms with van der Waals surface area (Å²) in [5.74, 6) is 0. The Kier molecular flexibility index (Phi) is 8.98. The maximum Gasteiger partial charge on any atom is 0.143 e. The molecule has 0 saturated carbocycles. The minimum Gasteiger partial charge on any atom is -0.456 e. The standard InChI is InChI=1S/C52H26B7NO2/c53-45-41(43-44(47(55)49(45)57)48(56)51(59)50(58)46(43)54)30-9-5-8-29(26-30)27-18-22-31(23-19-27)60(37-14-7-17-40-42(37)36-11-2-4-16-39(36)61-40)32-24-20-28(21-25-32)33-12-6-13-35-34-10-1-3-15-38(34)62-52(33)35/h1-26H. The van der Waals surface area contributed by atoms with Gasteiger partial charge in [-0.25, -0.2) is 0 Å². The van der Waals surface area contributed by atoms with E-state index in [1.54, 1.807) is 0 Å². The van der Waals surface area contributed by atoms with Crippen LogP contribution in [0.4, 0.5) is 17.1 Å². The van der Waals surface area contributed by atoms with Gasteiger partial charge in [-0.3, -0.25) is 0 Å². The molecule has 0 unspecified atom stereocenters. The average molecular weight is 772 g/mol. The molecule has 0 aliphatic rings. The highest BCUT2D eigenvalue weighted by atomic mass is 16.3. The van der Waals surface area contributed by atoms with E-state index in [9.17, 15) is 0 Å². The molecule has 10 heteroatoms. The normalized spacial score (nSPS) is 11.7. The molecule has 0 fully saturated rings. The molecule has 272 valence electrons. The van der Waals surface area contributed by atoms with Gasteiger partial charge in [0.25, 0.3) is 0 Å². The van der Waals surface area contributed by atoms with Crippen molar-refractivity contribution in [2.24, 2.45) is 0 Å². The third-order valence-corrected chi connectivity index (χ3v) is 12.1. The Hall–Kier alpha value is -6.91. The van der Waals surface area contributed by atoms with E-state index < -0.39 is 0 Å². The van der Waals surface area contributed by atoms with E-state index in [-0.39, 0.29) is 38.2 Å². The zero-order valence-corrected chi connectivity index (χ0v) is 33.3. The molecule has 0 atom stereocenters. The lowest BCUT2D eigenvalue weighted by atomic mass is 9.59. The van der Waals surface area contributed by atoms with Crippen LogP contribution in [0.1, 0.15) is 0 Å². The first-order valence-corrected chi connectivity index (χ1v) is 20.1. The molecule has 0 bridgehead atoms. The third kappa shape index (κ3) is 5.84. The second kappa shape index (κ2) is 14.6. The second-order valence-electron chi connectivity index (χ2n) is 15.6. The first kappa shape index (κ1) is 38.0. The summed E-state index contributed by atoms with van der Waals surface area (Å²) in [7, 11) is 45.3. The van der Waals surface area contributed by atoms with E-state index in [1.165, 1.54) is 0 Å². The number of para-hydroxylation sites is 3. The van der Waals surface area contributed by atoms with Gasteiger partial charge in [0.2, 0.25) is 0 Å². The summed E-state index contributed by atoms with van der Waals surface area (Å²) in [4.78, 5) is 2.27. The zero-order chi connectivity index (χ0) is 42.4. The van der Waals surface area contributed by atoms with Crippen molar-refractivity contribution in [3.8, 4) is 33.4 Å². The highest BCUT2D eigenvalue weighted by Crippen LogP contribution is 2.44. The van der Waals surface area contributed by atoms with E-state index >= 15 is 0 Å². The number of hydrogen-bond donors (Lipinski definition) is 0. The molecule has 0 spiro atoms. The summed E-state index contributed by atoms with van der Waals surface area (Å²) in [5.41, 5.74) is 13.0. The van der Waals surface area contributed by atoms with Crippen LogP contribution in [0.2, 0.25) is 0 Å². The third-order valence-electron chi connectivity index (χ3n) is 12.1. The Labute approximate surface area is 368 Å². The van der Waals surface area contributed by atoms with E-state index in [0.717, 1.165) is 88.8 Å². The minimum absolute atomic E-state index is 0.146. The van der Waals surface area contributed by atoms with Gasteiger partial charge in [-0.2, -0.15) is 0 Å². The predicted octanol–water partition coefficient (Wildman–Crippen LogP) is 6.67. The topological polar surface area (TPSA) is 29.5 Å². The summed E-state index contributed by atoms with van der Waals surface area (Å²) in [6.45, 7) is 0. The fourth-order valence-corrected chi connectivity index (χ4v) is 9.01. The molecule has 0 N–H and O–H groups in total. The monoisotopic (exact) mass is 773 g/mol. The smallest absolute Gasteiger partial charge is 0.143 e. The Balaban J connectivity index is 1.03. The minimum atomic E-state index is 0.146. The fraction of sp³-hybridized carbons (Fsp3) is 0. The maximum absolute atomic E-state index is 6.70. The number of anilines is 3. The van der Waals surface area contributed by atoms with Gasteiger partial charge in [0.15, 0.2) is 0 Å². The van der Waals surface area contributed by atoms with Crippen LogP contribution in [0.3, 0.4) is 0 Å². The van der Waals surface area contributed by atoms with Crippen LogP contribution in [-0.2, 0) is 0 Å². The van der Waals surface area contributed by atoms with Crippen LogP contribution in [-0.4, -0.2) is 54.9 Å². The molecular formula is C52H26B7NO2. The molecule has 0 aliphatic heterocycles. The van der Waals surface area contributed by atoms with E-state index in [2.05, 4.69) is 89.8 Å². The van der Waals surface area contributed by atoms with Crippen LogP contribution in [0.25, 0.3) is 88.0 Å².